The summed E-state index contributed by atoms with van der Waals surface area (Å²) in [6.07, 6.45) is 4.86. The third kappa shape index (κ3) is 6.96. The van der Waals surface area contributed by atoms with Crippen LogP contribution in [0.25, 0.3) is 0 Å². The van der Waals surface area contributed by atoms with E-state index in [1.807, 2.05) is 24.4 Å². The van der Waals surface area contributed by atoms with Gasteiger partial charge in [-0.2, -0.15) is 0 Å². The van der Waals surface area contributed by atoms with E-state index in [1.165, 1.54) is 17.8 Å². The molecule has 1 fully saturated rings. The van der Waals surface area contributed by atoms with E-state index >= 15 is 0 Å². The highest BCUT2D eigenvalue weighted by Gasteiger charge is 2.13. The van der Waals surface area contributed by atoms with E-state index < -0.39 is 0 Å². The minimum absolute atomic E-state index is 0.173. The summed E-state index contributed by atoms with van der Waals surface area (Å²) < 4.78 is 0.845. The van der Waals surface area contributed by atoms with Crippen LogP contribution in [0, 0.1) is 0 Å². The van der Waals surface area contributed by atoms with Gasteiger partial charge >= 0.3 is 0 Å². The molecule has 1 saturated heterocycles. The van der Waals surface area contributed by atoms with Gasteiger partial charge in [-0.15, -0.1) is 0 Å². The average Bonchev–Trinajstić information content (AvgIpc) is 2.68. The minimum Gasteiger partial charge on any atom is -0.384 e. The van der Waals surface area contributed by atoms with E-state index in [9.17, 15) is 9.59 Å². The van der Waals surface area contributed by atoms with Crippen molar-refractivity contribution in [3.05, 3.63) is 64.8 Å². The molecule has 1 aromatic heterocycles. The predicted octanol–water partition coefficient (Wildman–Crippen LogP) is 2.80. The average molecular weight is 431 g/mol. The molecular formula is C20H23BrN4O2. The van der Waals surface area contributed by atoms with E-state index in [4.69, 9.17) is 5.73 Å². The number of carbonyl (C=O) groups excluding carboxylic acids is 2. The molecule has 6 nitrogen and oxygen atoms in total. The van der Waals surface area contributed by atoms with Crippen molar-refractivity contribution in [2.75, 3.05) is 43.9 Å². The number of benzene rings is 1. The molecule has 0 spiro atoms. The molecule has 2 aromatic rings. The van der Waals surface area contributed by atoms with Gasteiger partial charge in [0.1, 0.15) is 12.1 Å². The lowest BCUT2D eigenvalue weighted by Gasteiger charge is -2.33. The van der Waals surface area contributed by atoms with Gasteiger partial charge in [-0.05, 0) is 43.5 Å². The molecule has 0 bridgehead atoms. The third-order valence-electron chi connectivity index (χ3n) is 4.07. The number of nitrogen functional groups attached to an aromatic ring is 1. The topological polar surface area (TPSA) is 79.5 Å². The number of carbonyl (C=O) groups is 2. The number of anilines is 2. The smallest absolute Gasteiger partial charge is 0.185 e. The number of aromatic nitrogens is 1. The first-order chi connectivity index (χ1) is 13.0. The lowest BCUT2D eigenvalue weighted by Crippen LogP contribution is -2.44. The number of pyridine rings is 1. The highest BCUT2D eigenvalue weighted by molar-refractivity contribution is 9.10. The van der Waals surface area contributed by atoms with Crippen LogP contribution in [0.15, 0.2) is 59.2 Å². The van der Waals surface area contributed by atoms with Gasteiger partial charge in [-0.1, -0.05) is 28.1 Å². The lowest BCUT2D eigenvalue weighted by atomic mass is 10.1. The van der Waals surface area contributed by atoms with Crippen LogP contribution in [0.5, 0.6) is 0 Å². The van der Waals surface area contributed by atoms with Crippen LogP contribution in [-0.4, -0.2) is 55.2 Å². The molecule has 2 N–H and O–H groups in total. The fraction of sp³-hybridized carbons (Fsp3) is 0.250. The summed E-state index contributed by atoms with van der Waals surface area (Å²) in [6.45, 7) is 4.37. The highest BCUT2D eigenvalue weighted by atomic mass is 79.9. The monoisotopic (exact) mass is 430 g/mol. The lowest BCUT2D eigenvalue weighted by molar-refractivity contribution is -0.104. The number of likely N-dealkylation sites (N-methyl/N-ethyl adjacent to an activating group) is 1. The summed E-state index contributed by atoms with van der Waals surface area (Å²) in [4.78, 5) is 30.0. The van der Waals surface area contributed by atoms with Gasteiger partial charge in [0.05, 0.1) is 11.9 Å². The zero-order valence-corrected chi connectivity index (χ0v) is 16.8. The molecule has 0 radical (unpaired) electrons. The van der Waals surface area contributed by atoms with Crippen LogP contribution >= 0.6 is 15.9 Å². The van der Waals surface area contributed by atoms with Crippen molar-refractivity contribution < 1.29 is 9.59 Å². The van der Waals surface area contributed by atoms with E-state index in [0.717, 1.165) is 30.7 Å². The summed E-state index contributed by atoms with van der Waals surface area (Å²) in [5, 5.41) is 0. The Morgan fingerprint density at radius 2 is 1.93 bits per heavy atom. The molecule has 0 saturated carbocycles. The van der Waals surface area contributed by atoms with Crippen LogP contribution in [0.4, 0.5) is 11.5 Å². The van der Waals surface area contributed by atoms with Crippen molar-refractivity contribution in [1.29, 1.82) is 0 Å². The summed E-state index contributed by atoms with van der Waals surface area (Å²) in [7, 11) is 2.15. The molecule has 1 aromatic carbocycles. The summed E-state index contributed by atoms with van der Waals surface area (Å²) in [5.74, 6) is 0.413. The molecule has 0 amide bonds. The Balaban J connectivity index is 0.000000194. The van der Waals surface area contributed by atoms with E-state index in [1.54, 1.807) is 18.2 Å². The van der Waals surface area contributed by atoms with Crippen molar-refractivity contribution in [2.45, 2.75) is 0 Å². The molecule has 3 rings (SSSR count). The fourth-order valence-corrected chi connectivity index (χ4v) is 2.91. The van der Waals surface area contributed by atoms with Gasteiger partial charge in [0, 0.05) is 36.2 Å². The van der Waals surface area contributed by atoms with Crippen molar-refractivity contribution >= 4 is 39.5 Å². The van der Waals surface area contributed by atoms with E-state index in [2.05, 4.69) is 37.8 Å². The van der Waals surface area contributed by atoms with Gasteiger partial charge < -0.3 is 15.5 Å². The van der Waals surface area contributed by atoms with E-state index in [-0.39, 0.29) is 5.78 Å². The molecule has 0 atom stereocenters. The Bertz CT molecular complexity index is 785. The second-order valence-electron chi connectivity index (χ2n) is 6.10. The first kappa shape index (κ1) is 20.8. The quantitative estimate of drug-likeness (QED) is 0.456. The predicted molar refractivity (Wildman–Crippen MR) is 112 cm³/mol. The number of halogens is 1. The Hall–Kier alpha value is -2.51. The zero-order valence-electron chi connectivity index (χ0n) is 15.2. The van der Waals surface area contributed by atoms with Crippen molar-refractivity contribution in [3.8, 4) is 0 Å². The zero-order chi connectivity index (χ0) is 19.6. The molecule has 27 heavy (non-hydrogen) atoms. The number of hydrogen-bond donors (Lipinski definition) is 1. The number of nitrogens with zero attached hydrogens (tertiary/aromatic N) is 3. The van der Waals surface area contributed by atoms with Gasteiger partial charge in [0.15, 0.2) is 5.78 Å². The standard InChI is InChI=1S/C10H7BrO2.C10H16N4/c11-9-4-1-3-8(7-9)10(13)5-2-6-12;1-13-4-6-14(7-5-13)9-2-3-10(11)12-8-9/h1-7H;2-3,8H,4-7H2,1H3,(H2,11,12)/b5-2+;. The molecule has 1 aliphatic heterocycles. The van der Waals surface area contributed by atoms with Crippen LogP contribution in [0.1, 0.15) is 10.4 Å². The highest BCUT2D eigenvalue weighted by Crippen LogP contribution is 2.15. The Morgan fingerprint density at radius 3 is 2.52 bits per heavy atom. The maximum Gasteiger partial charge on any atom is 0.185 e. The van der Waals surface area contributed by atoms with Crippen LogP contribution in [0.2, 0.25) is 0 Å². The third-order valence-corrected chi connectivity index (χ3v) is 4.57. The maximum absolute atomic E-state index is 11.3. The number of ketones is 1. The Labute approximate surface area is 167 Å². The first-order valence-electron chi connectivity index (χ1n) is 8.56. The van der Waals surface area contributed by atoms with Crippen LogP contribution < -0.4 is 10.6 Å². The summed E-state index contributed by atoms with van der Waals surface area (Å²) in [5.41, 5.74) is 7.28. The Kier molecular flexibility index (Phi) is 8.16. The second-order valence-corrected chi connectivity index (χ2v) is 7.02. The first-order valence-corrected chi connectivity index (χ1v) is 9.35. The summed E-state index contributed by atoms with van der Waals surface area (Å²) >= 11 is 3.25. The van der Waals surface area contributed by atoms with Crippen molar-refractivity contribution in [3.63, 3.8) is 0 Å². The molecule has 0 unspecified atom stereocenters. The maximum atomic E-state index is 11.3. The van der Waals surface area contributed by atoms with Crippen LogP contribution in [-0.2, 0) is 4.79 Å². The normalized spacial score (nSPS) is 14.5. The molecule has 0 aliphatic carbocycles. The van der Waals surface area contributed by atoms with Crippen molar-refractivity contribution in [2.24, 2.45) is 0 Å². The van der Waals surface area contributed by atoms with Gasteiger partial charge in [0.2, 0.25) is 0 Å². The summed E-state index contributed by atoms with van der Waals surface area (Å²) in [6, 6.07) is 10.9. The number of piperazine rings is 1. The molecule has 1 aliphatic rings. The molecule has 2 heterocycles. The van der Waals surface area contributed by atoms with Gasteiger partial charge in [-0.3, -0.25) is 9.59 Å². The minimum atomic E-state index is -0.173. The SMILES string of the molecule is CN1CCN(c2ccc(N)nc2)CC1.O=C/C=C/C(=O)c1cccc(Br)c1. The van der Waals surface area contributed by atoms with Crippen LogP contribution in [0.3, 0.4) is 0 Å². The number of allylic oxidation sites excluding steroid dienone is 2. The Morgan fingerprint density at radius 1 is 1.19 bits per heavy atom. The molecule has 7 heteroatoms. The number of hydrogen-bond acceptors (Lipinski definition) is 6. The second kappa shape index (κ2) is 10.6. The molecular weight excluding hydrogens is 408 g/mol. The van der Waals surface area contributed by atoms with Gasteiger partial charge in [0.25, 0.3) is 0 Å². The molecule has 142 valence electrons. The van der Waals surface area contributed by atoms with Gasteiger partial charge in [-0.25, -0.2) is 4.98 Å². The van der Waals surface area contributed by atoms with Crippen molar-refractivity contribution in [1.82, 2.24) is 9.88 Å². The van der Waals surface area contributed by atoms with E-state index in [0.29, 0.717) is 17.7 Å². The fourth-order valence-electron chi connectivity index (χ4n) is 2.51. The largest absolute Gasteiger partial charge is 0.384 e. The number of rotatable bonds is 4. The number of nitrogens with two attached hydrogens (primary N) is 1. The number of aldehydes is 1.